The average Bonchev–Trinajstić information content (AvgIpc) is 2.66. The van der Waals surface area contributed by atoms with Crippen molar-refractivity contribution in [3.05, 3.63) is 0 Å². The predicted molar refractivity (Wildman–Crippen MR) is 70.5 cm³/mol. The predicted octanol–water partition coefficient (Wildman–Crippen LogP) is 0.104. The van der Waals surface area contributed by atoms with Gasteiger partial charge in [0.25, 0.3) is 5.91 Å². The van der Waals surface area contributed by atoms with E-state index in [0.717, 1.165) is 51.9 Å². The molecule has 3 aliphatic rings. The van der Waals surface area contributed by atoms with Crippen molar-refractivity contribution in [3.63, 3.8) is 0 Å². The first-order valence-electron chi connectivity index (χ1n) is 7.28. The van der Waals surface area contributed by atoms with Gasteiger partial charge in [-0.15, -0.1) is 0 Å². The van der Waals surface area contributed by atoms with E-state index in [-0.39, 0.29) is 11.9 Å². The van der Waals surface area contributed by atoms with Crippen molar-refractivity contribution in [1.29, 1.82) is 0 Å². The SMILES string of the molecule is O=C1NC2(CCCCC2)C(=O)N1CN1CCNCC1. The zero-order chi connectivity index (χ0) is 13.3. The molecule has 3 amide bonds. The van der Waals surface area contributed by atoms with Gasteiger partial charge in [0, 0.05) is 26.2 Å². The minimum Gasteiger partial charge on any atom is -0.323 e. The van der Waals surface area contributed by atoms with Gasteiger partial charge < -0.3 is 10.6 Å². The van der Waals surface area contributed by atoms with E-state index in [0.29, 0.717) is 6.67 Å². The summed E-state index contributed by atoms with van der Waals surface area (Å²) in [5.41, 5.74) is -0.580. The lowest BCUT2D eigenvalue weighted by atomic mass is 9.82. The van der Waals surface area contributed by atoms with Crippen LogP contribution in [0.1, 0.15) is 32.1 Å². The molecule has 0 radical (unpaired) electrons. The first-order chi connectivity index (χ1) is 9.21. The molecule has 0 atom stereocenters. The zero-order valence-corrected chi connectivity index (χ0v) is 11.3. The fourth-order valence-electron chi connectivity index (χ4n) is 3.35. The lowest BCUT2D eigenvalue weighted by molar-refractivity contribution is -0.134. The second-order valence-corrected chi connectivity index (χ2v) is 5.82. The van der Waals surface area contributed by atoms with Gasteiger partial charge in [-0.3, -0.25) is 9.69 Å². The third kappa shape index (κ3) is 2.34. The molecule has 0 unspecified atom stereocenters. The smallest absolute Gasteiger partial charge is 0.323 e. The van der Waals surface area contributed by atoms with Gasteiger partial charge in [0.1, 0.15) is 5.54 Å². The number of nitrogens with one attached hydrogen (secondary N) is 2. The number of hydrogen-bond acceptors (Lipinski definition) is 4. The summed E-state index contributed by atoms with van der Waals surface area (Å²) in [6.07, 6.45) is 4.84. The van der Waals surface area contributed by atoms with Crippen LogP contribution in [0.3, 0.4) is 0 Å². The molecule has 0 aromatic carbocycles. The molecular weight excluding hydrogens is 244 g/mol. The maximum Gasteiger partial charge on any atom is 0.326 e. The molecule has 19 heavy (non-hydrogen) atoms. The number of hydrogen-bond donors (Lipinski definition) is 2. The van der Waals surface area contributed by atoms with Crippen molar-refractivity contribution in [2.75, 3.05) is 32.8 Å². The first kappa shape index (κ1) is 12.9. The Morgan fingerprint density at radius 2 is 1.74 bits per heavy atom. The maximum atomic E-state index is 12.6. The van der Waals surface area contributed by atoms with Crippen LogP contribution in [0.25, 0.3) is 0 Å². The lowest BCUT2D eigenvalue weighted by Gasteiger charge is -2.32. The molecule has 0 aromatic rings. The zero-order valence-electron chi connectivity index (χ0n) is 11.3. The quantitative estimate of drug-likeness (QED) is 0.696. The molecule has 2 saturated heterocycles. The molecule has 0 bridgehead atoms. The van der Waals surface area contributed by atoms with E-state index in [2.05, 4.69) is 15.5 Å². The molecule has 6 heteroatoms. The molecule has 1 saturated carbocycles. The topological polar surface area (TPSA) is 64.7 Å². The van der Waals surface area contributed by atoms with Gasteiger partial charge in [-0.1, -0.05) is 19.3 Å². The Morgan fingerprint density at radius 3 is 2.42 bits per heavy atom. The van der Waals surface area contributed by atoms with Gasteiger partial charge in [-0.05, 0) is 12.8 Å². The fourth-order valence-corrected chi connectivity index (χ4v) is 3.35. The van der Waals surface area contributed by atoms with Crippen LogP contribution in [-0.2, 0) is 4.79 Å². The van der Waals surface area contributed by atoms with Crippen molar-refractivity contribution in [2.45, 2.75) is 37.6 Å². The van der Waals surface area contributed by atoms with E-state index < -0.39 is 5.54 Å². The van der Waals surface area contributed by atoms with Gasteiger partial charge in [0.15, 0.2) is 0 Å². The number of carbonyl (C=O) groups is 2. The number of nitrogens with zero attached hydrogens (tertiary/aromatic N) is 2. The molecule has 6 nitrogen and oxygen atoms in total. The van der Waals surface area contributed by atoms with Crippen LogP contribution in [0.5, 0.6) is 0 Å². The summed E-state index contributed by atoms with van der Waals surface area (Å²) in [4.78, 5) is 28.2. The molecule has 0 aromatic heterocycles. The van der Waals surface area contributed by atoms with Gasteiger partial charge in [0.2, 0.25) is 0 Å². The third-order valence-corrected chi connectivity index (χ3v) is 4.50. The largest absolute Gasteiger partial charge is 0.326 e. The standard InChI is InChI=1S/C13H22N4O2/c18-11-13(4-2-1-3-5-13)15-12(19)17(11)10-16-8-6-14-7-9-16/h14H,1-10H2,(H,15,19). The van der Waals surface area contributed by atoms with E-state index in [1.54, 1.807) is 0 Å². The normalized spacial score (nSPS) is 27.9. The number of rotatable bonds is 2. The summed E-state index contributed by atoms with van der Waals surface area (Å²) in [6.45, 7) is 4.08. The highest BCUT2D eigenvalue weighted by Crippen LogP contribution is 2.33. The highest BCUT2D eigenvalue weighted by atomic mass is 16.2. The fraction of sp³-hybridized carbons (Fsp3) is 0.846. The number of imide groups is 1. The van der Waals surface area contributed by atoms with Crippen LogP contribution < -0.4 is 10.6 Å². The van der Waals surface area contributed by atoms with Crippen LogP contribution in [0.15, 0.2) is 0 Å². The molecule has 1 aliphatic carbocycles. The highest BCUT2D eigenvalue weighted by Gasteiger charge is 2.51. The molecule has 2 N–H and O–H groups in total. The van der Waals surface area contributed by atoms with E-state index in [9.17, 15) is 9.59 Å². The monoisotopic (exact) mass is 266 g/mol. The molecule has 3 fully saturated rings. The van der Waals surface area contributed by atoms with Crippen LogP contribution >= 0.6 is 0 Å². The number of carbonyl (C=O) groups excluding carboxylic acids is 2. The van der Waals surface area contributed by atoms with Crippen molar-refractivity contribution < 1.29 is 9.59 Å². The van der Waals surface area contributed by atoms with E-state index >= 15 is 0 Å². The number of urea groups is 1. The van der Waals surface area contributed by atoms with E-state index in [1.165, 1.54) is 11.3 Å². The second-order valence-electron chi connectivity index (χ2n) is 5.82. The summed E-state index contributed by atoms with van der Waals surface area (Å²) in [7, 11) is 0. The summed E-state index contributed by atoms with van der Waals surface area (Å²) in [6, 6.07) is -0.203. The van der Waals surface area contributed by atoms with E-state index in [1.807, 2.05) is 0 Å². The summed E-state index contributed by atoms with van der Waals surface area (Å²) in [5.74, 6) is -0.00395. The minimum absolute atomic E-state index is 0.00395. The molecule has 2 aliphatic heterocycles. The number of piperazine rings is 1. The van der Waals surface area contributed by atoms with Crippen LogP contribution in [-0.4, -0.2) is 60.1 Å². The highest BCUT2D eigenvalue weighted by molar-refractivity contribution is 6.07. The van der Waals surface area contributed by atoms with Crippen molar-refractivity contribution in [2.24, 2.45) is 0 Å². The Hall–Kier alpha value is -1.14. The first-order valence-corrected chi connectivity index (χ1v) is 7.28. The third-order valence-electron chi connectivity index (χ3n) is 4.50. The minimum atomic E-state index is -0.580. The summed E-state index contributed by atoms with van der Waals surface area (Å²) >= 11 is 0. The van der Waals surface area contributed by atoms with Crippen LogP contribution in [0.2, 0.25) is 0 Å². The lowest BCUT2D eigenvalue weighted by Crippen LogP contribution is -2.51. The van der Waals surface area contributed by atoms with Crippen molar-refractivity contribution >= 4 is 11.9 Å². The van der Waals surface area contributed by atoms with Gasteiger partial charge in [0.05, 0.1) is 6.67 Å². The Labute approximate surface area is 113 Å². The molecule has 106 valence electrons. The van der Waals surface area contributed by atoms with Crippen LogP contribution in [0.4, 0.5) is 4.79 Å². The molecule has 2 heterocycles. The van der Waals surface area contributed by atoms with Crippen molar-refractivity contribution in [3.8, 4) is 0 Å². The van der Waals surface area contributed by atoms with Crippen LogP contribution in [0, 0.1) is 0 Å². The molecule has 3 rings (SSSR count). The summed E-state index contributed by atoms with van der Waals surface area (Å²) < 4.78 is 0. The van der Waals surface area contributed by atoms with Gasteiger partial charge >= 0.3 is 6.03 Å². The van der Waals surface area contributed by atoms with Gasteiger partial charge in [-0.2, -0.15) is 0 Å². The Kier molecular flexibility index (Phi) is 3.45. The Bertz CT molecular complexity index is 373. The Balaban J connectivity index is 1.68. The van der Waals surface area contributed by atoms with E-state index in [4.69, 9.17) is 0 Å². The maximum absolute atomic E-state index is 12.6. The molecule has 1 spiro atoms. The number of amides is 3. The average molecular weight is 266 g/mol. The second kappa shape index (κ2) is 5.09. The van der Waals surface area contributed by atoms with Crippen molar-refractivity contribution in [1.82, 2.24) is 20.4 Å². The van der Waals surface area contributed by atoms with Gasteiger partial charge in [-0.25, -0.2) is 9.69 Å². The summed E-state index contributed by atoms with van der Waals surface area (Å²) in [5, 5.41) is 6.23. The molecular formula is C13H22N4O2. The Morgan fingerprint density at radius 1 is 1.05 bits per heavy atom.